The third kappa shape index (κ3) is 5.72. The Labute approximate surface area is 155 Å². The number of aliphatic imine (C=N–C) groups is 1. The maximum Gasteiger partial charge on any atom is 0.343 e. The number of nitro benzene ring substituents is 1. The minimum Gasteiger partial charge on any atom is -0.506 e. The van der Waals surface area contributed by atoms with E-state index in [2.05, 4.69) is 4.99 Å². The summed E-state index contributed by atoms with van der Waals surface area (Å²) in [5.74, 6) is -1.42. The van der Waals surface area contributed by atoms with Gasteiger partial charge in [0.25, 0.3) is 5.69 Å². The lowest BCUT2D eigenvalue weighted by atomic mass is 10.1. The number of nitrogens with zero attached hydrogens (tertiary/aromatic N) is 2. The van der Waals surface area contributed by atoms with Gasteiger partial charge in [-0.2, -0.15) is 0 Å². The number of halogens is 2. The first kappa shape index (κ1) is 20.9. The lowest BCUT2D eigenvalue weighted by Gasteiger charge is -2.13. The fourth-order valence-corrected chi connectivity index (χ4v) is 2.22. The monoisotopic (exact) mass is 388 g/mol. The minimum atomic E-state index is -0.832. The van der Waals surface area contributed by atoms with Gasteiger partial charge >= 0.3 is 5.97 Å². The topological polar surface area (TPSA) is 102 Å². The Morgan fingerprint density at radius 1 is 1.36 bits per heavy atom. The molecule has 1 aromatic rings. The molecule has 0 heterocycles. The zero-order valence-electron chi connectivity index (χ0n) is 14.2. The molecule has 1 aromatic carbocycles. The largest absolute Gasteiger partial charge is 0.506 e. The molecule has 0 aliphatic heterocycles. The van der Waals surface area contributed by atoms with E-state index in [1.165, 1.54) is 0 Å². The summed E-state index contributed by atoms with van der Waals surface area (Å²) in [6.45, 7) is 7.07. The summed E-state index contributed by atoms with van der Waals surface area (Å²) in [7, 11) is 0. The maximum atomic E-state index is 12.1. The van der Waals surface area contributed by atoms with E-state index in [-0.39, 0.29) is 27.8 Å². The zero-order chi connectivity index (χ0) is 19.4. The second-order valence-electron chi connectivity index (χ2n) is 5.95. The molecule has 0 atom stereocenters. The van der Waals surface area contributed by atoms with E-state index in [9.17, 15) is 20.0 Å². The Morgan fingerprint density at radius 2 is 1.96 bits per heavy atom. The van der Waals surface area contributed by atoms with Crippen molar-refractivity contribution in [3.8, 4) is 0 Å². The molecule has 0 aromatic heterocycles. The van der Waals surface area contributed by atoms with Gasteiger partial charge in [0.05, 0.1) is 22.1 Å². The van der Waals surface area contributed by atoms with Crippen molar-refractivity contribution in [3.63, 3.8) is 0 Å². The van der Waals surface area contributed by atoms with E-state index in [1.54, 1.807) is 27.7 Å². The standard InChI is InChI=1S/C16H18Cl2N2O5/c1-5-25-15(22)10(8-19-16(2,3)4)14(21)9-6-13(20(23)24)12(18)7-11(9)17/h6-8,21H,5H2,1-4H3. The highest BCUT2D eigenvalue weighted by atomic mass is 35.5. The van der Waals surface area contributed by atoms with Crippen molar-refractivity contribution in [1.82, 2.24) is 0 Å². The lowest BCUT2D eigenvalue weighted by Crippen LogP contribution is -2.15. The lowest BCUT2D eigenvalue weighted by molar-refractivity contribution is -0.384. The number of rotatable bonds is 5. The van der Waals surface area contributed by atoms with Crippen molar-refractivity contribution < 1.29 is 19.6 Å². The highest BCUT2D eigenvalue weighted by Crippen LogP contribution is 2.34. The highest BCUT2D eigenvalue weighted by Gasteiger charge is 2.23. The Bertz CT molecular complexity index is 752. The van der Waals surface area contributed by atoms with Crippen molar-refractivity contribution in [2.24, 2.45) is 4.99 Å². The van der Waals surface area contributed by atoms with Crippen LogP contribution in [0.2, 0.25) is 10.0 Å². The predicted octanol–water partition coefficient (Wildman–Crippen LogP) is 4.60. The predicted molar refractivity (Wildman–Crippen MR) is 97.5 cm³/mol. The molecule has 136 valence electrons. The summed E-state index contributed by atoms with van der Waals surface area (Å²) in [5.41, 5.74) is -1.37. The van der Waals surface area contributed by atoms with E-state index in [4.69, 9.17) is 27.9 Å². The van der Waals surface area contributed by atoms with Crippen LogP contribution < -0.4 is 0 Å². The number of esters is 1. The minimum absolute atomic E-state index is 0.0564. The number of nitro groups is 1. The molecular weight excluding hydrogens is 371 g/mol. The van der Waals surface area contributed by atoms with E-state index in [0.717, 1.165) is 18.3 Å². The smallest absolute Gasteiger partial charge is 0.343 e. The molecule has 0 saturated carbocycles. The van der Waals surface area contributed by atoms with Crippen LogP contribution in [0, 0.1) is 10.1 Å². The van der Waals surface area contributed by atoms with Crippen molar-refractivity contribution in [2.45, 2.75) is 33.2 Å². The van der Waals surface area contributed by atoms with Crippen molar-refractivity contribution >= 4 is 46.8 Å². The molecule has 0 amide bonds. The molecular formula is C16H18Cl2N2O5. The number of aliphatic hydroxyl groups is 1. The first-order chi connectivity index (χ1) is 11.5. The Balaban J connectivity index is 3.60. The fourth-order valence-electron chi connectivity index (χ4n) is 1.68. The number of hydrogen-bond acceptors (Lipinski definition) is 6. The summed E-state index contributed by atoms with van der Waals surface area (Å²) in [4.78, 5) is 26.6. The molecule has 0 bridgehead atoms. The summed E-state index contributed by atoms with van der Waals surface area (Å²) in [6.07, 6.45) is 1.16. The van der Waals surface area contributed by atoms with Crippen LogP contribution in [0.5, 0.6) is 0 Å². The van der Waals surface area contributed by atoms with E-state index < -0.39 is 27.9 Å². The zero-order valence-corrected chi connectivity index (χ0v) is 15.7. The number of hydrogen-bond donors (Lipinski definition) is 1. The Morgan fingerprint density at radius 3 is 2.44 bits per heavy atom. The molecule has 0 aliphatic carbocycles. The van der Waals surface area contributed by atoms with Crippen LogP contribution in [0.4, 0.5) is 5.69 Å². The third-order valence-corrected chi connectivity index (χ3v) is 3.44. The van der Waals surface area contributed by atoms with Gasteiger partial charge in [-0.1, -0.05) is 23.2 Å². The van der Waals surface area contributed by atoms with Crippen LogP contribution in [-0.4, -0.2) is 34.4 Å². The molecule has 0 saturated heterocycles. The molecule has 0 radical (unpaired) electrons. The van der Waals surface area contributed by atoms with Gasteiger partial charge in [-0.3, -0.25) is 15.1 Å². The molecule has 0 aliphatic rings. The summed E-state index contributed by atoms with van der Waals surface area (Å²) in [5, 5.41) is 21.3. The Hall–Kier alpha value is -2.12. The first-order valence-electron chi connectivity index (χ1n) is 7.27. The van der Waals surface area contributed by atoms with Crippen LogP contribution in [0.15, 0.2) is 22.7 Å². The second-order valence-corrected chi connectivity index (χ2v) is 6.77. The second kappa shape index (κ2) is 8.31. The molecule has 25 heavy (non-hydrogen) atoms. The van der Waals surface area contributed by atoms with Crippen LogP contribution in [-0.2, 0) is 9.53 Å². The SMILES string of the molecule is CCOC(=O)C(C=NC(C)(C)C)=C(O)c1cc([N+](=O)[O-])c(Cl)cc1Cl. The van der Waals surface area contributed by atoms with Gasteiger partial charge in [0.1, 0.15) is 16.4 Å². The van der Waals surface area contributed by atoms with Crippen LogP contribution >= 0.6 is 23.2 Å². The van der Waals surface area contributed by atoms with Crippen LogP contribution in [0.25, 0.3) is 5.76 Å². The van der Waals surface area contributed by atoms with Crippen molar-refractivity contribution in [3.05, 3.63) is 43.4 Å². The van der Waals surface area contributed by atoms with E-state index in [0.29, 0.717) is 0 Å². The normalized spacial score (nSPS) is 12.9. The van der Waals surface area contributed by atoms with Crippen molar-refractivity contribution in [2.75, 3.05) is 6.61 Å². The number of carbonyl (C=O) groups excluding carboxylic acids is 1. The van der Waals surface area contributed by atoms with Gasteiger partial charge in [0, 0.05) is 17.8 Å². The Kier molecular flexibility index (Phi) is 6.96. The first-order valence-corrected chi connectivity index (χ1v) is 8.03. The highest BCUT2D eigenvalue weighted by molar-refractivity contribution is 6.37. The van der Waals surface area contributed by atoms with Gasteiger partial charge in [0.15, 0.2) is 0 Å². The number of carbonyl (C=O) groups is 1. The quantitative estimate of drug-likeness (QED) is 0.198. The van der Waals surface area contributed by atoms with Gasteiger partial charge in [-0.15, -0.1) is 0 Å². The average Bonchev–Trinajstić information content (AvgIpc) is 2.45. The maximum absolute atomic E-state index is 12.1. The molecule has 1 rings (SSSR count). The number of benzene rings is 1. The number of ether oxygens (including phenoxy) is 1. The molecule has 1 N–H and O–H groups in total. The summed E-state index contributed by atoms with van der Waals surface area (Å²) < 4.78 is 4.90. The van der Waals surface area contributed by atoms with Crippen LogP contribution in [0.3, 0.4) is 0 Å². The third-order valence-electron chi connectivity index (χ3n) is 2.82. The summed E-state index contributed by atoms with van der Waals surface area (Å²) in [6, 6.07) is 2.11. The van der Waals surface area contributed by atoms with Crippen molar-refractivity contribution in [1.29, 1.82) is 0 Å². The van der Waals surface area contributed by atoms with Crippen LogP contribution in [0.1, 0.15) is 33.3 Å². The fraction of sp³-hybridized carbons (Fsp3) is 0.375. The molecule has 0 spiro atoms. The van der Waals surface area contributed by atoms with Gasteiger partial charge in [0.2, 0.25) is 0 Å². The van der Waals surface area contributed by atoms with Gasteiger partial charge < -0.3 is 9.84 Å². The number of aliphatic hydroxyl groups excluding tert-OH is 1. The summed E-state index contributed by atoms with van der Waals surface area (Å²) >= 11 is 11.8. The van der Waals surface area contributed by atoms with E-state index >= 15 is 0 Å². The van der Waals surface area contributed by atoms with E-state index in [1.807, 2.05) is 0 Å². The molecule has 7 nitrogen and oxygen atoms in total. The molecule has 9 heteroatoms. The van der Waals surface area contributed by atoms with Gasteiger partial charge in [-0.25, -0.2) is 4.79 Å². The average molecular weight is 389 g/mol. The molecule has 0 fully saturated rings. The van der Waals surface area contributed by atoms with Gasteiger partial charge in [-0.05, 0) is 33.8 Å². The molecule has 0 unspecified atom stereocenters.